The van der Waals surface area contributed by atoms with E-state index in [9.17, 15) is 0 Å². The predicted octanol–water partition coefficient (Wildman–Crippen LogP) is 2.09. The molecule has 1 aliphatic carbocycles. The molecule has 1 aliphatic rings. The lowest BCUT2D eigenvalue weighted by Gasteiger charge is -2.02. The molecule has 1 atom stereocenters. The Labute approximate surface area is 79.3 Å². The van der Waals surface area contributed by atoms with Crippen LogP contribution in [0.3, 0.4) is 0 Å². The van der Waals surface area contributed by atoms with Crippen molar-refractivity contribution in [2.24, 2.45) is 0 Å². The van der Waals surface area contributed by atoms with Crippen molar-refractivity contribution in [3.8, 4) is 0 Å². The van der Waals surface area contributed by atoms with E-state index >= 15 is 0 Å². The maximum Gasteiger partial charge on any atom is 0.126 e. The SMILES string of the molecule is Nc1nccc2c1CCC2I. The van der Waals surface area contributed by atoms with Crippen molar-refractivity contribution in [1.82, 2.24) is 4.98 Å². The fourth-order valence-electron chi connectivity index (χ4n) is 1.52. The van der Waals surface area contributed by atoms with Gasteiger partial charge in [-0.05, 0) is 30.0 Å². The van der Waals surface area contributed by atoms with Gasteiger partial charge in [-0.1, -0.05) is 22.6 Å². The second-order valence-electron chi connectivity index (χ2n) is 2.77. The zero-order valence-electron chi connectivity index (χ0n) is 6.05. The molecule has 3 heteroatoms. The Morgan fingerprint density at radius 3 is 3.18 bits per heavy atom. The number of fused-ring (bicyclic) bond motifs is 1. The van der Waals surface area contributed by atoms with Crippen LogP contribution in [0.4, 0.5) is 5.82 Å². The summed E-state index contributed by atoms with van der Waals surface area (Å²) >= 11 is 2.46. The summed E-state index contributed by atoms with van der Waals surface area (Å²) in [5.74, 6) is 0.724. The number of nitrogens with zero attached hydrogens (tertiary/aromatic N) is 1. The fraction of sp³-hybridized carbons (Fsp3) is 0.375. The number of rotatable bonds is 0. The fourth-order valence-corrected chi connectivity index (χ4v) is 2.41. The zero-order chi connectivity index (χ0) is 7.84. The van der Waals surface area contributed by atoms with Gasteiger partial charge < -0.3 is 5.73 Å². The van der Waals surface area contributed by atoms with E-state index in [1.54, 1.807) is 6.20 Å². The van der Waals surface area contributed by atoms with Gasteiger partial charge in [0.1, 0.15) is 5.82 Å². The zero-order valence-corrected chi connectivity index (χ0v) is 8.21. The van der Waals surface area contributed by atoms with Gasteiger partial charge in [0.2, 0.25) is 0 Å². The molecule has 11 heavy (non-hydrogen) atoms. The van der Waals surface area contributed by atoms with Gasteiger partial charge in [-0.25, -0.2) is 4.98 Å². The number of halogens is 1. The molecule has 0 spiro atoms. The minimum absolute atomic E-state index is 0.646. The van der Waals surface area contributed by atoms with Crippen LogP contribution < -0.4 is 5.73 Å². The highest BCUT2D eigenvalue weighted by atomic mass is 127. The van der Waals surface area contributed by atoms with Crippen LogP contribution in [-0.4, -0.2) is 4.98 Å². The Morgan fingerprint density at radius 1 is 1.64 bits per heavy atom. The van der Waals surface area contributed by atoms with Gasteiger partial charge in [0.25, 0.3) is 0 Å². The Kier molecular flexibility index (Phi) is 1.75. The molecular weight excluding hydrogens is 251 g/mol. The summed E-state index contributed by atoms with van der Waals surface area (Å²) in [4.78, 5) is 4.06. The normalized spacial score (nSPS) is 21.7. The lowest BCUT2D eigenvalue weighted by atomic mass is 10.2. The van der Waals surface area contributed by atoms with E-state index in [-0.39, 0.29) is 0 Å². The average Bonchev–Trinajstić information content (AvgIpc) is 2.35. The first-order valence-corrected chi connectivity index (χ1v) is 4.91. The minimum atomic E-state index is 0.646. The van der Waals surface area contributed by atoms with Crippen molar-refractivity contribution in [3.63, 3.8) is 0 Å². The maximum atomic E-state index is 5.72. The Hall–Kier alpha value is -0.320. The lowest BCUT2D eigenvalue weighted by Crippen LogP contribution is -1.95. The molecule has 0 aliphatic heterocycles. The van der Waals surface area contributed by atoms with Crippen molar-refractivity contribution in [1.29, 1.82) is 0 Å². The number of nitrogens with two attached hydrogens (primary N) is 1. The van der Waals surface area contributed by atoms with Gasteiger partial charge >= 0.3 is 0 Å². The molecule has 0 radical (unpaired) electrons. The topological polar surface area (TPSA) is 38.9 Å². The van der Waals surface area contributed by atoms with Crippen LogP contribution in [0.1, 0.15) is 21.5 Å². The van der Waals surface area contributed by atoms with Crippen molar-refractivity contribution in [2.75, 3.05) is 5.73 Å². The molecule has 1 aromatic heterocycles. The van der Waals surface area contributed by atoms with Crippen LogP contribution in [0.25, 0.3) is 0 Å². The number of pyridine rings is 1. The van der Waals surface area contributed by atoms with Gasteiger partial charge in [0, 0.05) is 10.1 Å². The van der Waals surface area contributed by atoms with Gasteiger partial charge in [-0.15, -0.1) is 0 Å². The second kappa shape index (κ2) is 2.62. The summed E-state index contributed by atoms with van der Waals surface area (Å²) in [6.45, 7) is 0. The highest BCUT2D eigenvalue weighted by molar-refractivity contribution is 14.1. The van der Waals surface area contributed by atoms with Gasteiger partial charge in [0.15, 0.2) is 0 Å². The average molecular weight is 260 g/mol. The summed E-state index contributed by atoms with van der Waals surface area (Å²) in [6, 6.07) is 2.08. The molecule has 0 fully saturated rings. The van der Waals surface area contributed by atoms with E-state index in [2.05, 4.69) is 33.6 Å². The van der Waals surface area contributed by atoms with Gasteiger partial charge in [-0.3, -0.25) is 0 Å². The molecule has 2 N–H and O–H groups in total. The standard InChI is InChI=1S/C8H9IN2/c9-7-2-1-6-5(7)3-4-11-8(6)10/h3-4,7H,1-2H2,(H2,10,11). The van der Waals surface area contributed by atoms with E-state index in [4.69, 9.17) is 5.73 Å². The first-order valence-electron chi connectivity index (χ1n) is 3.66. The molecule has 1 heterocycles. The molecule has 1 aromatic rings. The lowest BCUT2D eigenvalue weighted by molar-refractivity contribution is 0.916. The smallest absolute Gasteiger partial charge is 0.126 e. The second-order valence-corrected chi connectivity index (χ2v) is 4.27. The van der Waals surface area contributed by atoms with Crippen LogP contribution >= 0.6 is 22.6 Å². The van der Waals surface area contributed by atoms with Crippen LogP contribution in [-0.2, 0) is 6.42 Å². The maximum absolute atomic E-state index is 5.72. The number of nitrogen functional groups attached to an aromatic ring is 1. The number of hydrogen-bond acceptors (Lipinski definition) is 2. The summed E-state index contributed by atoms with van der Waals surface area (Å²) in [5, 5.41) is 0. The molecule has 0 saturated carbocycles. The molecule has 1 unspecified atom stereocenters. The Bertz CT molecular complexity index is 285. The van der Waals surface area contributed by atoms with Crippen LogP contribution in [0.5, 0.6) is 0 Å². The van der Waals surface area contributed by atoms with E-state index in [0.717, 1.165) is 12.2 Å². The largest absolute Gasteiger partial charge is 0.383 e. The van der Waals surface area contributed by atoms with Crippen molar-refractivity contribution < 1.29 is 0 Å². The molecule has 2 rings (SSSR count). The minimum Gasteiger partial charge on any atom is -0.383 e. The summed E-state index contributed by atoms with van der Waals surface area (Å²) in [5.41, 5.74) is 8.38. The quantitative estimate of drug-likeness (QED) is 0.573. The van der Waals surface area contributed by atoms with E-state index in [1.807, 2.05) is 0 Å². The highest BCUT2D eigenvalue weighted by Crippen LogP contribution is 2.39. The number of alkyl halides is 1. The number of hydrogen-bond donors (Lipinski definition) is 1. The third-order valence-corrected chi connectivity index (χ3v) is 3.40. The van der Waals surface area contributed by atoms with Gasteiger partial charge in [0.05, 0.1) is 0 Å². The van der Waals surface area contributed by atoms with E-state index < -0.39 is 0 Å². The molecule has 2 nitrogen and oxygen atoms in total. The summed E-state index contributed by atoms with van der Waals surface area (Å²) in [7, 11) is 0. The van der Waals surface area contributed by atoms with Crippen LogP contribution in [0, 0.1) is 0 Å². The molecule has 0 aromatic carbocycles. The number of aromatic nitrogens is 1. The Balaban J connectivity index is 2.57. The van der Waals surface area contributed by atoms with Crippen LogP contribution in [0.2, 0.25) is 0 Å². The Morgan fingerprint density at radius 2 is 2.45 bits per heavy atom. The molecule has 0 amide bonds. The summed E-state index contributed by atoms with van der Waals surface area (Å²) < 4.78 is 0.646. The highest BCUT2D eigenvalue weighted by Gasteiger charge is 2.21. The van der Waals surface area contributed by atoms with Crippen molar-refractivity contribution in [3.05, 3.63) is 23.4 Å². The van der Waals surface area contributed by atoms with E-state index in [0.29, 0.717) is 3.92 Å². The monoisotopic (exact) mass is 260 g/mol. The van der Waals surface area contributed by atoms with Gasteiger partial charge in [-0.2, -0.15) is 0 Å². The van der Waals surface area contributed by atoms with Crippen LogP contribution in [0.15, 0.2) is 12.3 Å². The molecular formula is C8H9IN2. The number of anilines is 1. The summed E-state index contributed by atoms with van der Waals surface area (Å²) in [6.07, 6.45) is 4.11. The van der Waals surface area contributed by atoms with Crippen molar-refractivity contribution in [2.45, 2.75) is 16.8 Å². The van der Waals surface area contributed by atoms with E-state index in [1.165, 1.54) is 17.5 Å². The third-order valence-electron chi connectivity index (χ3n) is 2.11. The van der Waals surface area contributed by atoms with Crippen molar-refractivity contribution >= 4 is 28.4 Å². The molecule has 0 saturated heterocycles. The molecule has 0 bridgehead atoms. The molecule has 58 valence electrons. The predicted molar refractivity (Wildman–Crippen MR) is 53.7 cm³/mol. The third kappa shape index (κ3) is 1.11. The first-order chi connectivity index (χ1) is 5.29. The first kappa shape index (κ1) is 7.34.